The number of rotatable bonds is 4. The molecule has 2 unspecified atom stereocenters. The van der Waals surface area contributed by atoms with Crippen molar-refractivity contribution in [3.05, 3.63) is 0 Å². The third-order valence-corrected chi connectivity index (χ3v) is 2.13. The summed E-state index contributed by atoms with van der Waals surface area (Å²) in [5.41, 5.74) is -0.158. The summed E-state index contributed by atoms with van der Waals surface area (Å²) in [6.07, 6.45) is 4.84. The van der Waals surface area contributed by atoms with Gasteiger partial charge in [0.05, 0.1) is 6.04 Å². The molecular formula is C10H12N2O4. The Kier molecular flexibility index (Phi) is 3.89. The lowest BCUT2D eigenvalue weighted by Gasteiger charge is -2.13. The van der Waals surface area contributed by atoms with Gasteiger partial charge in [0.1, 0.15) is 0 Å². The smallest absolute Gasteiger partial charge is 0.353 e. The average molecular weight is 224 g/mol. The van der Waals surface area contributed by atoms with E-state index in [2.05, 4.69) is 16.4 Å². The van der Waals surface area contributed by atoms with E-state index >= 15 is 0 Å². The van der Waals surface area contributed by atoms with Crippen molar-refractivity contribution >= 4 is 17.6 Å². The number of carboxylic acids is 1. The van der Waals surface area contributed by atoms with Crippen LogP contribution >= 0.6 is 0 Å². The molecule has 0 aliphatic carbocycles. The van der Waals surface area contributed by atoms with Crippen molar-refractivity contribution in [3.63, 3.8) is 0 Å². The van der Waals surface area contributed by atoms with Gasteiger partial charge in [-0.05, 0) is 6.42 Å². The highest BCUT2D eigenvalue weighted by molar-refractivity contribution is 6.36. The highest BCUT2D eigenvalue weighted by Crippen LogP contribution is 2.11. The third-order valence-electron chi connectivity index (χ3n) is 2.13. The minimum atomic E-state index is -1.18. The molecule has 1 aliphatic heterocycles. The molecule has 1 rings (SSSR count). The number of carbonyl (C=O) groups is 2. The normalized spacial score (nSPS) is 20.2. The Bertz CT molecular complexity index is 370. The lowest BCUT2D eigenvalue weighted by molar-refractivity contribution is -0.131. The molecule has 2 atom stereocenters. The van der Waals surface area contributed by atoms with Crippen LogP contribution in [0, 0.1) is 12.3 Å². The first-order valence-electron chi connectivity index (χ1n) is 4.81. The van der Waals surface area contributed by atoms with E-state index in [9.17, 15) is 9.59 Å². The van der Waals surface area contributed by atoms with E-state index in [0.29, 0.717) is 6.42 Å². The molecule has 1 amide bonds. The van der Waals surface area contributed by atoms with Gasteiger partial charge in [-0.3, -0.25) is 4.79 Å². The van der Waals surface area contributed by atoms with Gasteiger partial charge < -0.3 is 15.3 Å². The van der Waals surface area contributed by atoms with E-state index in [1.807, 2.05) is 6.92 Å². The molecule has 0 spiro atoms. The minimum Gasteiger partial charge on any atom is -0.477 e. The maximum atomic E-state index is 11.5. The fourth-order valence-electron chi connectivity index (χ4n) is 1.17. The summed E-state index contributed by atoms with van der Waals surface area (Å²) in [6.45, 7) is 1.83. The van der Waals surface area contributed by atoms with Crippen molar-refractivity contribution in [3.8, 4) is 12.3 Å². The Morgan fingerprint density at radius 1 is 1.81 bits per heavy atom. The zero-order valence-electron chi connectivity index (χ0n) is 8.77. The molecule has 0 aromatic carbocycles. The van der Waals surface area contributed by atoms with Crippen LogP contribution < -0.4 is 5.32 Å². The van der Waals surface area contributed by atoms with E-state index in [1.54, 1.807) is 0 Å². The van der Waals surface area contributed by atoms with Crippen LogP contribution in [0.2, 0.25) is 0 Å². The Balaban J connectivity index is 2.48. The quantitative estimate of drug-likeness (QED) is 0.644. The van der Waals surface area contributed by atoms with E-state index in [0.717, 1.165) is 0 Å². The van der Waals surface area contributed by atoms with E-state index in [4.69, 9.17) is 16.4 Å². The molecule has 0 radical (unpaired) electrons. The summed E-state index contributed by atoms with van der Waals surface area (Å²) >= 11 is 0. The number of nitrogens with one attached hydrogen (secondary N) is 1. The van der Waals surface area contributed by atoms with Crippen molar-refractivity contribution in [2.24, 2.45) is 5.16 Å². The predicted octanol–water partition coefficient (Wildman–Crippen LogP) is -0.256. The molecule has 0 aromatic rings. The molecule has 1 aliphatic rings. The number of nitrogens with zero attached hydrogens (tertiary/aromatic N) is 1. The molecule has 1 heterocycles. The summed E-state index contributed by atoms with van der Waals surface area (Å²) in [7, 11) is 0. The zero-order chi connectivity index (χ0) is 12.1. The number of hydrogen-bond acceptors (Lipinski definition) is 4. The molecule has 16 heavy (non-hydrogen) atoms. The Labute approximate surface area is 92.6 Å². The maximum Gasteiger partial charge on any atom is 0.353 e. The average Bonchev–Trinajstić information content (AvgIpc) is 2.74. The van der Waals surface area contributed by atoms with Gasteiger partial charge in [-0.2, -0.15) is 0 Å². The van der Waals surface area contributed by atoms with Gasteiger partial charge in [-0.15, -0.1) is 6.42 Å². The van der Waals surface area contributed by atoms with Crippen LogP contribution in [0.25, 0.3) is 0 Å². The second kappa shape index (κ2) is 5.16. The zero-order valence-corrected chi connectivity index (χ0v) is 8.77. The Morgan fingerprint density at radius 2 is 2.50 bits per heavy atom. The fraction of sp³-hybridized carbons (Fsp3) is 0.500. The molecule has 0 aromatic heterocycles. The number of aliphatic carboxylic acids is 1. The second-order valence-corrected chi connectivity index (χ2v) is 3.28. The second-order valence-electron chi connectivity index (χ2n) is 3.28. The lowest BCUT2D eigenvalue weighted by atomic mass is 10.1. The molecule has 0 saturated carbocycles. The van der Waals surface area contributed by atoms with Crippen LogP contribution in [0.15, 0.2) is 5.16 Å². The maximum absolute atomic E-state index is 11.5. The van der Waals surface area contributed by atoms with Crippen LogP contribution in [0.3, 0.4) is 0 Å². The summed E-state index contributed by atoms with van der Waals surface area (Å²) in [6, 6.07) is -0.370. The predicted molar refractivity (Wildman–Crippen MR) is 55.6 cm³/mol. The largest absolute Gasteiger partial charge is 0.477 e. The van der Waals surface area contributed by atoms with Crippen molar-refractivity contribution in [1.29, 1.82) is 0 Å². The number of terminal acetylenes is 1. The van der Waals surface area contributed by atoms with Gasteiger partial charge in [0.2, 0.25) is 6.10 Å². The molecule has 0 saturated heterocycles. The van der Waals surface area contributed by atoms with Gasteiger partial charge in [-0.1, -0.05) is 18.0 Å². The molecule has 0 bridgehead atoms. The SMILES string of the molecule is C#CC(CC)NC(=O)C1CC(C(=O)O)=NO1. The topological polar surface area (TPSA) is 88.0 Å². The van der Waals surface area contributed by atoms with Gasteiger partial charge >= 0.3 is 5.97 Å². The fourth-order valence-corrected chi connectivity index (χ4v) is 1.17. The summed E-state index contributed by atoms with van der Waals surface area (Å²) < 4.78 is 0. The molecule has 6 heteroatoms. The molecule has 2 N–H and O–H groups in total. The monoisotopic (exact) mass is 224 g/mol. The molecular weight excluding hydrogens is 212 g/mol. The van der Waals surface area contributed by atoms with Crippen LogP contribution in [-0.2, 0) is 14.4 Å². The van der Waals surface area contributed by atoms with Crippen LogP contribution in [0.4, 0.5) is 0 Å². The van der Waals surface area contributed by atoms with Crippen molar-refractivity contribution in [1.82, 2.24) is 5.32 Å². The van der Waals surface area contributed by atoms with Crippen LogP contribution in [0.1, 0.15) is 19.8 Å². The van der Waals surface area contributed by atoms with Crippen molar-refractivity contribution < 1.29 is 19.5 Å². The lowest BCUT2D eigenvalue weighted by Crippen LogP contribution is -2.40. The van der Waals surface area contributed by atoms with Crippen molar-refractivity contribution in [2.45, 2.75) is 31.9 Å². The highest BCUT2D eigenvalue weighted by atomic mass is 16.6. The molecule has 0 fully saturated rings. The highest BCUT2D eigenvalue weighted by Gasteiger charge is 2.31. The number of hydrogen-bond donors (Lipinski definition) is 2. The summed E-state index contributed by atoms with van der Waals surface area (Å²) in [5, 5.41) is 14.5. The van der Waals surface area contributed by atoms with E-state index in [1.165, 1.54) is 0 Å². The third kappa shape index (κ3) is 2.73. The Hall–Kier alpha value is -2.03. The van der Waals surface area contributed by atoms with Crippen LogP contribution in [0.5, 0.6) is 0 Å². The van der Waals surface area contributed by atoms with Crippen molar-refractivity contribution in [2.75, 3.05) is 0 Å². The van der Waals surface area contributed by atoms with E-state index in [-0.39, 0.29) is 18.2 Å². The van der Waals surface area contributed by atoms with Gasteiger partial charge in [0.15, 0.2) is 5.71 Å². The summed E-state index contributed by atoms with van der Waals surface area (Å²) in [4.78, 5) is 26.8. The van der Waals surface area contributed by atoms with Gasteiger partial charge in [0, 0.05) is 6.42 Å². The number of carbonyl (C=O) groups excluding carboxylic acids is 1. The first-order chi connectivity index (χ1) is 7.58. The van der Waals surface area contributed by atoms with Crippen LogP contribution in [-0.4, -0.2) is 34.8 Å². The van der Waals surface area contributed by atoms with Gasteiger partial charge in [-0.25, -0.2) is 4.79 Å². The number of oxime groups is 1. The number of carboxylic acid groups (broad SMARTS) is 1. The van der Waals surface area contributed by atoms with E-state index < -0.39 is 18.0 Å². The van der Waals surface area contributed by atoms with Gasteiger partial charge in [0.25, 0.3) is 5.91 Å². The first kappa shape index (κ1) is 12.0. The first-order valence-corrected chi connectivity index (χ1v) is 4.81. The summed E-state index contributed by atoms with van der Waals surface area (Å²) in [5.74, 6) is 0.778. The number of amides is 1. The molecule has 86 valence electrons. The minimum absolute atomic E-state index is 0.0395. The standard InChI is InChI=1S/C10H12N2O4/c1-3-6(4-2)11-9(13)8-5-7(10(14)15)12-16-8/h1,6,8H,4-5H2,2H3,(H,11,13)(H,14,15). The molecule has 6 nitrogen and oxygen atoms in total. The Morgan fingerprint density at radius 3 is 2.94 bits per heavy atom.